The Kier molecular flexibility index (Phi) is 4.59. The van der Waals surface area contributed by atoms with E-state index in [1.54, 1.807) is 12.2 Å². The number of ketones is 2. The molecule has 3 saturated carbocycles. The molecule has 6 rings (SSSR count). The summed E-state index contributed by atoms with van der Waals surface area (Å²) in [4.78, 5) is 25.7. The van der Waals surface area contributed by atoms with E-state index in [9.17, 15) is 19.8 Å². The second kappa shape index (κ2) is 6.98. The van der Waals surface area contributed by atoms with Crippen molar-refractivity contribution in [1.82, 2.24) is 0 Å². The highest BCUT2D eigenvalue weighted by Gasteiger charge is 2.76. The largest absolute Gasteiger partial charge is 0.390 e. The third-order valence-electron chi connectivity index (χ3n) is 11.0. The Morgan fingerprint density at radius 2 is 1.91 bits per heavy atom. The van der Waals surface area contributed by atoms with Crippen molar-refractivity contribution in [3.63, 3.8) is 0 Å². The van der Waals surface area contributed by atoms with E-state index in [1.165, 1.54) is 11.6 Å². The molecule has 1 aromatic carbocycles. The third kappa shape index (κ3) is 2.40. The van der Waals surface area contributed by atoms with Crippen molar-refractivity contribution >= 4 is 11.6 Å². The number of aliphatic hydroxyl groups is 2. The summed E-state index contributed by atoms with van der Waals surface area (Å²) in [7, 11) is 0. The van der Waals surface area contributed by atoms with E-state index in [0.29, 0.717) is 19.3 Å². The number of halogens is 1. The Bertz CT molecular complexity index is 1150. The van der Waals surface area contributed by atoms with Crippen molar-refractivity contribution < 1.29 is 24.2 Å². The van der Waals surface area contributed by atoms with Crippen molar-refractivity contribution in [2.45, 2.75) is 64.1 Å². The summed E-state index contributed by atoms with van der Waals surface area (Å²) < 4.78 is 17.4. The van der Waals surface area contributed by atoms with Crippen LogP contribution in [0.2, 0.25) is 0 Å². The summed E-state index contributed by atoms with van der Waals surface area (Å²) >= 11 is 0. The van der Waals surface area contributed by atoms with Crippen LogP contribution in [0.3, 0.4) is 0 Å². The molecule has 3 fully saturated rings. The van der Waals surface area contributed by atoms with Gasteiger partial charge in [0, 0.05) is 16.7 Å². The Labute approximate surface area is 199 Å². The first-order chi connectivity index (χ1) is 16.1. The van der Waals surface area contributed by atoms with E-state index >= 15 is 4.39 Å². The minimum atomic E-state index is -1.90. The van der Waals surface area contributed by atoms with Gasteiger partial charge < -0.3 is 10.2 Å². The van der Waals surface area contributed by atoms with Crippen LogP contribution in [0.4, 0.5) is 4.39 Å². The highest BCUT2D eigenvalue weighted by Crippen LogP contribution is 2.74. The summed E-state index contributed by atoms with van der Waals surface area (Å²) in [5.74, 6) is -0.776. The van der Waals surface area contributed by atoms with E-state index in [0.717, 1.165) is 24.0 Å². The lowest BCUT2D eigenvalue weighted by atomic mass is 9.42. The van der Waals surface area contributed by atoms with Gasteiger partial charge in [-0.15, -0.1) is 0 Å². The second-order valence-corrected chi connectivity index (χ2v) is 11.9. The van der Waals surface area contributed by atoms with Gasteiger partial charge in [-0.2, -0.15) is 0 Å². The molecule has 5 aliphatic rings. The van der Waals surface area contributed by atoms with E-state index in [1.807, 2.05) is 19.1 Å². The fourth-order valence-electron chi connectivity index (χ4n) is 9.37. The summed E-state index contributed by atoms with van der Waals surface area (Å²) in [6.07, 6.45) is 6.77. The number of hydrogen-bond acceptors (Lipinski definition) is 4. The number of hydrogen-bond donors (Lipinski definition) is 2. The molecule has 180 valence electrons. The fraction of sp³-hybridized carbons (Fsp3) is 0.586. The van der Waals surface area contributed by atoms with Gasteiger partial charge in [-0.25, -0.2) is 4.39 Å². The number of benzene rings is 1. The van der Waals surface area contributed by atoms with E-state index in [-0.39, 0.29) is 29.8 Å². The molecule has 34 heavy (non-hydrogen) atoms. The van der Waals surface area contributed by atoms with Crippen LogP contribution in [0, 0.1) is 34.0 Å². The van der Waals surface area contributed by atoms with Crippen LogP contribution in [0.1, 0.15) is 50.7 Å². The minimum absolute atomic E-state index is 0.0137. The molecule has 8 atom stereocenters. The predicted molar refractivity (Wildman–Crippen MR) is 126 cm³/mol. The molecular formula is C29H33FO4. The number of rotatable bonds is 2. The smallest absolute Gasteiger partial charge is 0.178 e. The molecular weight excluding hydrogens is 431 g/mol. The molecule has 1 aromatic rings. The van der Waals surface area contributed by atoms with Crippen molar-refractivity contribution in [2.75, 3.05) is 6.61 Å². The Morgan fingerprint density at radius 1 is 1.18 bits per heavy atom. The lowest BCUT2D eigenvalue weighted by molar-refractivity contribution is -0.207. The molecule has 0 radical (unpaired) electrons. The first-order valence-electron chi connectivity index (χ1n) is 12.6. The van der Waals surface area contributed by atoms with Crippen LogP contribution in [-0.2, 0) is 22.4 Å². The normalized spacial score (nSPS) is 46.5. The lowest BCUT2D eigenvalue weighted by Crippen LogP contribution is -2.68. The summed E-state index contributed by atoms with van der Waals surface area (Å²) in [5, 5.41) is 21.7. The van der Waals surface area contributed by atoms with Gasteiger partial charge in [-0.3, -0.25) is 9.59 Å². The molecule has 5 aliphatic carbocycles. The first-order valence-corrected chi connectivity index (χ1v) is 12.6. The molecule has 0 saturated heterocycles. The molecule has 0 bridgehead atoms. The lowest BCUT2D eigenvalue weighted by Gasteiger charge is -2.63. The number of aliphatic hydroxyl groups excluding tert-OH is 2. The molecule has 0 aliphatic heterocycles. The number of carbonyl (C=O) groups is 2. The summed E-state index contributed by atoms with van der Waals surface area (Å²) in [6.45, 7) is 3.38. The predicted octanol–water partition coefficient (Wildman–Crippen LogP) is 3.93. The topological polar surface area (TPSA) is 74.6 Å². The number of fused-ring (bicyclic) bond motifs is 8. The van der Waals surface area contributed by atoms with Crippen molar-refractivity contribution in [3.05, 3.63) is 59.2 Å². The third-order valence-corrected chi connectivity index (χ3v) is 11.0. The Morgan fingerprint density at radius 3 is 2.65 bits per heavy atom. The fourth-order valence-corrected chi connectivity index (χ4v) is 9.37. The van der Waals surface area contributed by atoms with Gasteiger partial charge in [0.15, 0.2) is 17.2 Å². The summed E-state index contributed by atoms with van der Waals surface area (Å²) in [5.41, 5.74) is -1.22. The second-order valence-electron chi connectivity index (χ2n) is 11.9. The SMILES string of the molecule is C[C@]12C=CC(=O)C=C1CC[C@H]1[C@@H]3C[C@H]4Cc5ccccc5C[C@@]4(C(=O)CO)[C@@]3(C)C[C@H](O)[C@@]12F. The van der Waals surface area contributed by atoms with Crippen molar-refractivity contribution in [2.24, 2.45) is 34.0 Å². The van der Waals surface area contributed by atoms with Gasteiger partial charge >= 0.3 is 0 Å². The Balaban J connectivity index is 1.50. The number of alkyl halides is 1. The number of Topliss-reactive ketones (excluding diaryl/α,β-unsaturated/α-hetero) is 1. The zero-order valence-electron chi connectivity index (χ0n) is 19.9. The first kappa shape index (κ1) is 22.4. The zero-order valence-corrected chi connectivity index (χ0v) is 19.9. The quantitative estimate of drug-likeness (QED) is 0.696. The van der Waals surface area contributed by atoms with Gasteiger partial charge in [0.25, 0.3) is 0 Å². The molecule has 4 nitrogen and oxygen atoms in total. The molecule has 0 heterocycles. The zero-order chi connectivity index (χ0) is 24.1. The highest BCUT2D eigenvalue weighted by atomic mass is 19.1. The maximum atomic E-state index is 17.4. The maximum absolute atomic E-state index is 17.4. The number of allylic oxidation sites excluding steroid dienone is 4. The van der Waals surface area contributed by atoms with Crippen molar-refractivity contribution in [3.8, 4) is 0 Å². The molecule has 0 unspecified atom stereocenters. The average Bonchev–Trinajstić information content (AvgIpc) is 3.07. The Hall–Kier alpha value is -2.11. The minimum Gasteiger partial charge on any atom is -0.390 e. The van der Waals surface area contributed by atoms with Crippen LogP contribution < -0.4 is 0 Å². The standard InChI is InChI=1S/C29H33FO4/c1-26-10-9-21(32)12-19(26)7-8-22-23-13-20-11-17-5-3-4-6-18(17)14-28(20,25(34)16-31)27(23,2)15-24(33)29(22,26)30/h3-6,9-10,12,20,22-24,31,33H,7-8,11,13-16H2,1-2H3/t20-,22+,23+,24+,26+,27+,28-,29+/m1/s1. The van der Waals surface area contributed by atoms with Gasteiger partial charge in [0.05, 0.1) is 6.10 Å². The van der Waals surface area contributed by atoms with Gasteiger partial charge in [0.2, 0.25) is 0 Å². The average molecular weight is 465 g/mol. The van der Waals surface area contributed by atoms with Crippen LogP contribution in [0.25, 0.3) is 0 Å². The summed E-state index contributed by atoms with van der Waals surface area (Å²) in [6, 6.07) is 8.19. The van der Waals surface area contributed by atoms with Gasteiger partial charge in [-0.05, 0) is 86.0 Å². The van der Waals surface area contributed by atoms with Crippen LogP contribution in [0.15, 0.2) is 48.1 Å². The molecule has 5 heteroatoms. The molecule has 2 N–H and O–H groups in total. The van der Waals surface area contributed by atoms with E-state index < -0.39 is 40.5 Å². The molecule has 0 aromatic heterocycles. The van der Waals surface area contributed by atoms with Gasteiger partial charge in [-0.1, -0.05) is 42.8 Å². The van der Waals surface area contributed by atoms with Crippen LogP contribution in [-0.4, -0.2) is 40.2 Å². The van der Waals surface area contributed by atoms with E-state index in [2.05, 4.69) is 19.1 Å². The monoisotopic (exact) mass is 464 g/mol. The molecule has 0 spiro atoms. The maximum Gasteiger partial charge on any atom is 0.178 e. The molecule has 0 amide bonds. The highest BCUT2D eigenvalue weighted by molar-refractivity contribution is 6.01. The van der Waals surface area contributed by atoms with E-state index in [4.69, 9.17) is 0 Å². The van der Waals surface area contributed by atoms with Crippen LogP contribution in [0.5, 0.6) is 0 Å². The van der Waals surface area contributed by atoms with Gasteiger partial charge in [0.1, 0.15) is 6.61 Å². The van der Waals surface area contributed by atoms with Crippen LogP contribution >= 0.6 is 0 Å². The van der Waals surface area contributed by atoms with Crippen molar-refractivity contribution in [1.29, 1.82) is 0 Å². The number of carbonyl (C=O) groups excluding carboxylic acids is 2.